The Morgan fingerprint density at radius 2 is 1.69 bits per heavy atom. The normalized spacial score (nSPS) is 28.5. The summed E-state index contributed by atoms with van der Waals surface area (Å²) in [6.45, 7) is 4.73. The fraction of sp³-hybridized carbons (Fsp3) is 0.833. The summed E-state index contributed by atoms with van der Waals surface area (Å²) < 4.78 is 0. The molecule has 0 unspecified atom stereocenters. The molecule has 1 saturated carbocycles. The van der Waals surface area contributed by atoms with Crippen molar-refractivity contribution in [2.75, 3.05) is 6.61 Å². The lowest BCUT2D eigenvalue weighted by atomic mass is 9.81. The van der Waals surface area contributed by atoms with Gasteiger partial charge >= 0.3 is 0 Å². The van der Waals surface area contributed by atoms with Gasteiger partial charge in [-0.25, -0.2) is 0 Å². The molecule has 13 heavy (non-hydrogen) atoms. The number of aliphatic hydroxyl groups is 1. The van der Waals surface area contributed by atoms with E-state index in [1.807, 2.05) is 0 Å². The zero-order chi connectivity index (χ0) is 9.68. The van der Waals surface area contributed by atoms with Crippen molar-refractivity contribution in [3.05, 3.63) is 11.6 Å². The van der Waals surface area contributed by atoms with Gasteiger partial charge in [0.2, 0.25) is 0 Å². The highest BCUT2D eigenvalue weighted by Gasteiger charge is 2.19. The van der Waals surface area contributed by atoms with E-state index in [0.717, 1.165) is 5.92 Å². The molecule has 0 heterocycles. The molecule has 0 aromatic rings. The van der Waals surface area contributed by atoms with Crippen LogP contribution in [0.2, 0.25) is 0 Å². The summed E-state index contributed by atoms with van der Waals surface area (Å²) in [5, 5.41) is 8.98. The highest BCUT2D eigenvalue weighted by Crippen LogP contribution is 2.30. The SMILES string of the molecule is CC(C)=CCC1CCC(CO)CC1. The van der Waals surface area contributed by atoms with Crippen molar-refractivity contribution in [1.29, 1.82) is 0 Å². The van der Waals surface area contributed by atoms with Gasteiger partial charge in [0.25, 0.3) is 0 Å². The second-order valence-electron chi connectivity index (χ2n) is 4.59. The van der Waals surface area contributed by atoms with Gasteiger partial charge in [-0.05, 0) is 57.8 Å². The topological polar surface area (TPSA) is 20.2 Å². The van der Waals surface area contributed by atoms with Gasteiger partial charge in [0.15, 0.2) is 0 Å². The van der Waals surface area contributed by atoms with Crippen LogP contribution in [-0.4, -0.2) is 11.7 Å². The van der Waals surface area contributed by atoms with Gasteiger partial charge < -0.3 is 5.11 Å². The van der Waals surface area contributed by atoms with Crippen LogP contribution in [0.4, 0.5) is 0 Å². The first-order chi connectivity index (χ1) is 6.22. The Morgan fingerprint density at radius 1 is 1.15 bits per heavy atom. The predicted molar refractivity (Wildman–Crippen MR) is 56.6 cm³/mol. The van der Waals surface area contributed by atoms with Gasteiger partial charge in [0.05, 0.1) is 0 Å². The zero-order valence-corrected chi connectivity index (χ0v) is 8.92. The van der Waals surface area contributed by atoms with Crippen molar-refractivity contribution in [2.24, 2.45) is 11.8 Å². The molecule has 0 bridgehead atoms. The Morgan fingerprint density at radius 3 is 2.15 bits per heavy atom. The summed E-state index contributed by atoms with van der Waals surface area (Å²) in [6, 6.07) is 0. The highest BCUT2D eigenvalue weighted by atomic mass is 16.3. The van der Waals surface area contributed by atoms with Crippen LogP contribution in [0.3, 0.4) is 0 Å². The molecule has 0 saturated heterocycles. The van der Waals surface area contributed by atoms with Crippen molar-refractivity contribution in [2.45, 2.75) is 46.0 Å². The third kappa shape index (κ3) is 3.95. The quantitative estimate of drug-likeness (QED) is 0.665. The highest BCUT2D eigenvalue weighted by molar-refractivity contribution is 4.94. The Hall–Kier alpha value is -0.300. The molecule has 0 amide bonds. The van der Waals surface area contributed by atoms with Crippen LogP contribution in [-0.2, 0) is 0 Å². The minimum atomic E-state index is 0.398. The molecule has 1 N–H and O–H groups in total. The fourth-order valence-corrected chi connectivity index (χ4v) is 2.05. The average Bonchev–Trinajstić information content (AvgIpc) is 2.15. The maximum Gasteiger partial charge on any atom is 0.0459 e. The number of allylic oxidation sites excluding steroid dienone is 2. The standard InChI is InChI=1S/C12H22O/c1-10(2)3-4-11-5-7-12(9-13)8-6-11/h3,11-13H,4-9H2,1-2H3. The summed E-state index contributed by atoms with van der Waals surface area (Å²) in [4.78, 5) is 0. The minimum Gasteiger partial charge on any atom is -0.396 e. The minimum absolute atomic E-state index is 0.398. The molecule has 1 fully saturated rings. The molecule has 1 heteroatoms. The fourth-order valence-electron chi connectivity index (χ4n) is 2.05. The third-order valence-corrected chi connectivity index (χ3v) is 3.08. The molecule has 0 spiro atoms. The Kier molecular flexibility index (Phi) is 4.51. The Bertz CT molecular complexity index is 160. The van der Waals surface area contributed by atoms with E-state index >= 15 is 0 Å². The lowest BCUT2D eigenvalue weighted by Gasteiger charge is -2.26. The second kappa shape index (κ2) is 5.43. The number of hydrogen-bond acceptors (Lipinski definition) is 1. The number of aliphatic hydroxyl groups excluding tert-OH is 1. The van der Waals surface area contributed by atoms with Crippen LogP contribution in [0.15, 0.2) is 11.6 Å². The molecule has 1 nitrogen and oxygen atoms in total. The molecule has 76 valence electrons. The summed E-state index contributed by atoms with van der Waals surface area (Å²) in [5.41, 5.74) is 1.43. The van der Waals surface area contributed by atoms with Crippen molar-refractivity contribution >= 4 is 0 Å². The van der Waals surface area contributed by atoms with E-state index in [1.165, 1.54) is 37.7 Å². The van der Waals surface area contributed by atoms with E-state index in [1.54, 1.807) is 0 Å². The molecule has 0 atom stereocenters. The van der Waals surface area contributed by atoms with E-state index < -0.39 is 0 Å². The van der Waals surface area contributed by atoms with Crippen molar-refractivity contribution in [3.8, 4) is 0 Å². The Balaban J connectivity index is 2.21. The molecule has 1 aliphatic rings. The summed E-state index contributed by atoms with van der Waals surface area (Å²) in [5.74, 6) is 1.49. The maximum absolute atomic E-state index is 8.98. The predicted octanol–water partition coefficient (Wildman–Crippen LogP) is 3.14. The number of hydrogen-bond donors (Lipinski definition) is 1. The van der Waals surface area contributed by atoms with E-state index in [4.69, 9.17) is 5.11 Å². The summed E-state index contributed by atoms with van der Waals surface area (Å²) in [6.07, 6.45) is 8.70. The number of rotatable bonds is 3. The van der Waals surface area contributed by atoms with Gasteiger partial charge in [-0.2, -0.15) is 0 Å². The Labute approximate surface area is 81.9 Å². The van der Waals surface area contributed by atoms with Crippen LogP contribution >= 0.6 is 0 Å². The van der Waals surface area contributed by atoms with Crippen LogP contribution in [0.1, 0.15) is 46.0 Å². The van der Waals surface area contributed by atoms with E-state index in [2.05, 4.69) is 19.9 Å². The van der Waals surface area contributed by atoms with E-state index in [9.17, 15) is 0 Å². The smallest absolute Gasteiger partial charge is 0.0459 e. The first kappa shape index (κ1) is 10.8. The molecular weight excluding hydrogens is 160 g/mol. The monoisotopic (exact) mass is 182 g/mol. The molecule has 1 rings (SSSR count). The van der Waals surface area contributed by atoms with Crippen molar-refractivity contribution in [1.82, 2.24) is 0 Å². The lowest BCUT2D eigenvalue weighted by Crippen LogP contribution is -2.16. The van der Waals surface area contributed by atoms with Gasteiger partial charge in [0.1, 0.15) is 0 Å². The van der Waals surface area contributed by atoms with Crippen molar-refractivity contribution in [3.63, 3.8) is 0 Å². The average molecular weight is 182 g/mol. The first-order valence-corrected chi connectivity index (χ1v) is 5.46. The van der Waals surface area contributed by atoms with Gasteiger partial charge in [-0.15, -0.1) is 0 Å². The van der Waals surface area contributed by atoms with Crippen LogP contribution in [0.5, 0.6) is 0 Å². The molecule has 1 aliphatic carbocycles. The molecule has 0 aliphatic heterocycles. The zero-order valence-electron chi connectivity index (χ0n) is 8.92. The lowest BCUT2D eigenvalue weighted by molar-refractivity contribution is 0.168. The molecule has 0 aromatic carbocycles. The van der Waals surface area contributed by atoms with Crippen LogP contribution < -0.4 is 0 Å². The van der Waals surface area contributed by atoms with Crippen molar-refractivity contribution < 1.29 is 5.11 Å². The van der Waals surface area contributed by atoms with E-state index in [0.29, 0.717) is 12.5 Å². The van der Waals surface area contributed by atoms with Crippen LogP contribution in [0.25, 0.3) is 0 Å². The molecule has 0 radical (unpaired) electrons. The largest absolute Gasteiger partial charge is 0.396 e. The van der Waals surface area contributed by atoms with Gasteiger partial charge in [0, 0.05) is 6.61 Å². The first-order valence-electron chi connectivity index (χ1n) is 5.46. The van der Waals surface area contributed by atoms with Gasteiger partial charge in [-0.1, -0.05) is 11.6 Å². The van der Waals surface area contributed by atoms with Crippen LogP contribution in [0, 0.1) is 11.8 Å². The third-order valence-electron chi connectivity index (χ3n) is 3.08. The van der Waals surface area contributed by atoms with E-state index in [-0.39, 0.29) is 0 Å². The summed E-state index contributed by atoms with van der Waals surface area (Å²) >= 11 is 0. The molecular formula is C12H22O. The maximum atomic E-state index is 8.98. The van der Waals surface area contributed by atoms with Gasteiger partial charge in [-0.3, -0.25) is 0 Å². The summed E-state index contributed by atoms with van der Waals surface area (Å²) in [7, 11) is 0. The molecule has 0 aromatic heterocycles. The second-order valence-corrected chi connectivity index (χ2v) is 4.59.